The number of rotatable bonds is 16. The number of fused-ring (bicyclic) bond motifs is 8. The second kappa shape index (κ2) is 50.1. The molecule has 4 saturated heterocycles. The Hall–Kier alpha value is -12.5. The highest BCUT2D eigenvalue weighted by Gasteiger charge is 2.45. The zero-order valence-electron chi connectivity index (χ0n) is 77.2. The molecule has 0 aliphatic carbocycles. The molecule has 0 atom stereocenters. The number of carbonyl (C=O) groups excluding carboxylic acids is 4. The number of alkyl halides is 8. The molecule has 4 N–H and O–H groups in total. The molecule has 0 saturated carbocycles. The fraction of sp³-hybridized carbons (Fsp3) is 0.283. The maximum Gasteiger partial charge on any atom is 0.377 e. The number of phenols is 4. The van der Waals surface area contributed by atoms with E-state index in [-0.39, 0.29) is 93.5 Å². The van der Waals surface area contributed by atoms with E-state index in [2.05, 4.69) is 67.5 Å². The standard InChI is InChI=1S/4C18H12O2S.2C9H15F2NO2.2C8H13F2NO3/c4*19-13-9-11-14(12-10-13)21-17-7-3-1-5-15(17)20-16-6-2-4-8-18(16)21;2*1-9(10,11)8(13)14-7-12-5-3-2-4-6-12;2*1-8(9,10)7(12)14-6-11-2-4-13-5-3-11/h4*1-12H;2*2-7H2,1H3;2*2-6H2,1H3/p+4. The van der Waals surface area contributed by atoms with Gasteiger partial charge in [-0.25, -0.2) is 19.2 Å². The van der Waals surface area contributed by atoms with Gasteiger partial charge in [-0.2, -0.15) is 35.1 Å². The van der Waals surface area contributed by atoms with Crippen molar-refractivity contribution in [3.05, 3.63) is 291 Å². The molecule has 20 rings (SSSR count). The van der Waals surface area contributed by atoms with E-state index in [1.165, 1.54) is 58.7 Å². The summed E-state index contributed by atoms with van der Waals surface area (Å²) in [7, 11) is -0.809. The number of hydrogen-bond donors (Lipinski definition) is 4. The third-order valence-corrected chi connectivity index (χ3v) is 31.0. The SMILES string of the molecule is CC(F)(F)C(=O)OCN1CCCCC1.CC(F)(F)C(=O)OCN1CCCCC1.CC(F)(F)C(=O)OCN1CCOCC1.CC(F)(F)C(=O)OCN1CCOCC1.Oc1ccc([S+]2c3ccccc3Oc3ccccc32)cc1.Oc1ccc([S+]2c3ccccc3Oc3ccccc32)cc1.Oc1ccc([S+]2c3ccccc3Oc3ccccc32)cc1.Oc1ccc([S+]2c3ccccc3Oc3ccccc32)cc1. The molecule has 4 fully saturated rings. The molecular formula is C106H108F8N4O18S4+4. The number of piperidine rings is 2. The highest BCUT2D eigenvalue weighted by Crippen LogP contribution is 2.52. The predicted octanol–water partition coefficient (Wildman–Crippen LogP) is 22.6. The maximum atomic E-state index is 12.4. The zero-order valence-corrected chi connectivity index (χ0v) is 80.5. The van der Waals surface area contributed by atoms with Crippen molar-refractivity contribution in [2.45, 2.75) is 149 Å². The summed E-state index contributed by atoms with van der Waals surface area (Å²) in [5.41, 5.74) is 0. The van der Waals surface area contributed by atoms with Gasteiger partial charge in [-0.05, 0) is 220 Å². The van der Waals surface area contributed by atoms with E-state index < -0.39 is 47.6 Å². The molecule has 12 aromatic carbocycles. The lowest BCUT2D eigenvalue weighted by atomic mass is 10.1. The van der Waals surface area contributed by atoms with Crippen molar-refractivity contribution in [1.29, 1.82) is 0 Å². The number of likely N-dealkylation sites (tertiary alicyclic amines) is 2. The molecule has 34 heteroatoms. The fourth-order valence-electron chi connectivity index (χ4n) is 14.7. The van der Waals surface area contributed by atoms with Crippen LogP contribution in [0.5, 0.6) is 69.0 Å². The molecule has 0 spiro atoms. The van der Waals surface area contributed by atoms with E-state index in [9.17, 15) is 74.7 Å². The van der Waals surface area contributed by atoms with E-state index in [1.54, 1.807) is 58.3 Å². The van der Waals surface area contributed by atoms with Gasteiger partial charge < -0.3 is 67.8 Å². The van der Waals surface area contributed by atoms with Crippen molar-refractivity contribution >= 4 is 67.5 Å². The Kier molecular flexibility index (Phi) is 37.5. The van der Waals surface area contributed by atoms with Crippen LogP contribution < -0.4 is 18.9 Å². The van der Waals surface area contributed by atoms with Gasteiger partial charge in [-0.15, -0.1) is 0 Å². The molecule has 0 radical (unpaired) electrons. The number of para-hydroxylation sites is 8. The van der Waals surface area contributed by atoms with Gasteiger partial charge >= 0.3 is 47.6 Å². The number of hydrogen-bond acceptors (Lipinski definition) is 22. The van der Waals surface area contributed by atoms with Crippen LogP contribution in [0.1, 0.15) is 66.2 Å². The minimum absolute atomic E-state index is 0.0116. The monoisotopic (exact) mass is 2000 g/mol. The van der Waals surface area contributed by atoms with E-state index in [4.69, 9.17) is 28.4 Å². The van der Waals surface area contributed by atoms with Crippen molar-refractivity contribution in [2.75, 3.05) is 106 Å². The van der Waals surface area contributed by atoms with E-state index in [0.29, 0.717) is 80.3 Å². The molecule has 0 amide bonds. The summed E-state index contributed by atoms with van der Waals surface area (Å²) in [5, 5.41) is 38.1. The number of benzene rings is 12. The normalized spacial score (nSPS) is 15.6. The van der Waals surface area contributed by atoms with E-state index in [0.717, 1.165) is 111 Å². The summed E-state index contributed by atoms with van der Waals surface area (Å²) in [6, 6.07) is 95.0. The number of nitrogens with zero attached hydrogens (tertiary/aromatic N) is 4. The summed E-state index contributed by atoms with van der Waals surface area (Å²) < 4.78 is 151. The maximum absolute atomic E-state index is 12.4. The average molecular weight is 2010 g/mol. The Balaban J connectivity index is 0.000000136. The summed E-state index contributed by atoms with van der Waals surface area (Å²) in [4.78, 5) is 64.2. The van der Waals surface area contributed by atoms with Crippen molar-refractivity contribution in [3.63, 3.8) is 0 Å². The van der Waals surface area contributed by atoms with Gasteiger partial charge in [-0.1, -0.05) is 110 Å². The van der Waals surface area contributed by atoms with Crippen LogP contribution in [-0.4, -0.2) is 193 Å². The lowest BCUT2D eigenvalue weighted by Crippen LogP contribution is -2.40. The second-order valence-corrected chi connectivity index (χ2v) is 40.7. The molecule has 8 aliphatic rings. The molecule has 140 heavy (non-hydrogen) atoms. The molecule has 0 bridgehead atoms. The lowest BCUT2D eigenvalue weighted by Gasteiger charge is -2.26. The molecule has 8 heterocycles. The Morgan fingerprint density at radius 3 is 0.571 bits per heavy atom. The Morgan fingerprint density at radius 1 is 0.250 bits per heavy atom. The van der Waals surface area contributed by atoms with Gasteiger partial charge in [0.2, 0.25) is 39.2 Å². The van der Waals surface area contributed by atoms with Gasteiger partial charge in [0.1, 0.15) is 93.5 Å². The highest BCUT2D eigenvalue weighted by atomic mass is 32.2. The largest absolute Gasteiger partial charge is 0.508 e. The van der Waals surface area contributed by atoms with Gasteiger partial charge in [0, 0.05) is 80.1 Å². The van der Waals surface area contributed by atoms with E-state index >= 15 is 0 Å². The Morgan fingerprint density at radius 2 is 0.407 bits per heavy atom. The number of phenolic OH excluding ortho intramolecular Hbond substituents is 4. The van der Waals surface area contributed by atoms with Crippen molar-refractivity contribution < 1.29 is 122 Å². The number of halogens is 8. The second-order valence-electron chi connectivity index (χ2n) is 32.8. The van der Waals surface area contributed by atoms with Crippen molar-refractivity contribution in [1.82, 2.24) is 19.6 Å². The summed E-state index contributed by atoms with van der Waals surface area (Å²) in [6.45, 7) is 9.79. The first kappa shape index (κ1) is 105. The summed E-state index contributed by atoms with van der Waals surface area (Å²) >= 11 is 0. The van der Waals surface area contributed by atoms with Crippen LogP contribution in [0, 0.1) is 0 Å². The van der Waals surface area contributed by atoms with Gasteiger partial charge in [0.05, 0.1) is 26.4 Å². The van der Waals surface area contributed by atoms with E-state index in [1.807, 2.05) is 204 Å². The topological polar surface area (TPSA) is 254 Å². The zero-order chi connectivity index (χ0) is 99.4. The summed E-state index contributed by atoms with van der Waals surface area (Å²) in [5.74, 6) is -11.0. The van der Waals surface area contributed by atoms with Crippen molar-refractivity contribution in [3.8, 4) is 69.0 Å². The van der Waals surface area contributed by atoms with Crippen LogP contribution in [0.2, 0.25) is 0 Å². The molecule has 12 aromatic rings. The molecule has 8 aliphatic heterocycles. The molecule has 0 unspecified atom stereocenters. The highest BCUT2D eigenvalue weighted by molar-refractivity contribution is 7.98. The Bertz CT molecular complexity index is 5130. The molecule has 0 aromatic heterocycles. The summed E-state index contributed by atoms with van der Waals surface area (Å²) in [6.07, 6.45) is 6.49. The van der Waals surface area contributed by atoms with Crippen LogP contribution in [0.4, 0.5) is 35.1 Å². The first-order valence-electron chi connectivity index (χ1n) is 45.1. The quantitative estimate of drug-likeness (QED) is 0.0303. The first-order valence-corrected chi connectivity index (χ1v) is 50.0. The number of esters is 4. The minimum atomic E-state index is -3.41. The van der Waals surface area contributed by atoms with Crippen LogP contribution in [0.15, 0.2) is 350 Å². The van der Waals surface area contributed by atoms with Crippen molar-refractivity contribution in [2.24, 2.45) is 0 Å². The number of aromatic hydroxyl groups is 4. The predicted molar refractivity (Wildman–Crippen MR) is 515 cm³/mol. The minimum Gasteiger partial charge on any atom is -0.508 e. The molecule has 22 nitrogen and oxygen atoms in total. The third kappa shape index (κ3) is 29.8. The number of carbonyl (C=O) groups is 4. The van der Waals surface area contributed by atoms with Crippen LogP contribution >= 0.6 is 0 Å². The smallest absolute Gasteiger partial charge is 0.377 e. The number of morpholine rings is 2. The molecule has 736 valence electrons. The van der Waals surface area contributed by atoms with Gasteiger partial charge in [0.15, 0.2) is 65.6 Å². The average Bonchev–Trinajstić information content (AvgIpc) is 0.775. The Labute approximate surface area is 818 Å². The van der Waals surface area contributed by atoms with Gasteiger partial charge in [-0.3, -0.25) is 19.6 Å². The van der Waals surface area contributed by atoms with Crippen LogP contribution in [0.3, 0.4) is 0 Å². The van der Waals surface area contributed by atoms with Crippen LogP contribution in [0.25, 0.3) is 0 Å². The first-order chi connectivity index (χ1) is 67.3. The van der Waals surface area contributed by atoms with Gasteiger partial charge in [0.25, 0.3) is 0 Å². The van der Waals surface area contributed by atoms with Crippen LogP contribution in [-0.2, 0) is 91.2 Å². The number of ether oxygens (including phenoxy) is 10. The lowest BCUT2D eigenvalue weighted by molar-refractivity contribution is -0.176. The fourth-order valence-corrected chi connectivity index (χ4v) is 23.5. The third-order valence-electron chi connectivity index (χ3n) is 21.8. The molecular weight excluding hydrogens is 1900 g/mol.